The number of amides is 1. The fourth-order valence-corrected chi connectivity index (χ4v) is 1.48. The van der Waals surface area contributed by atoms with Gasteiger partial charge in [0, 0.05) is 24.7 Å². The van der Waals surface area contributed by atoms with E-state index < -0.39 is 11.7 Å². The average molecular weight is 266 g/mol. The van der Waals surface area contributed by atoms with Crippen LogP contribution in [0.25, 0.3) is 0 Å². The van der Waals surface area contributed by atoms with Crippen LogP contribution in [-0.4, -0.2) is 29.8 Å². The summed E-state index contributed by atoms with van der Waals surface area (Å²) in [5.41, 5.74) is 12.1. The van der Waals surface area contributed by atoms with Crippen LogP contribution in [-0.2, 0) is 4.74 Å². The van der Waals surface area contributed by atoms with Crippen molar-refractivity contribution in [1.82, 2.24) is 4.98 Å². The Labute approximate surface area is 113 Å². The first-order valence-electron chi connectivity index (χ1n) is 6.22. The smallest absolute Gasteiger partial charge is 0.412 e. The first kappa shape index (κ1) is 15.4. The normalized spacial score (nSPS) is 11.5. The van der Waals surface area contributed by atoms with Crippen molar-refractivity contribution in [3.8, 4) is 0 Å². The fourth-order valence-electron chi connectivity index (χ4n) is 1.48. The van der Waals surface area contributed by atoms with Crippen molar-refractivity contribution in [2.24, 2.45) is 11.5 Å². The Balaban J connectivity index is 2.64. The lowest BCUT2D eigenvalue weighted by Gasteiger charge is -2.19. The fraction of sp³-hybridized carbons (Fsp3) is 0.538. The van der Waals surface area contributed by atoms with Crippen LogP contribution in [0.15, 0.2) is 18.3 Å². The van der Waals surface area contributed by atoms with E-state index >= 15 is 0 Å². The summed E-state index contributed by atoms with van der Waals surface area (Å²) in [5.74, 6) is 0.0376. The monoisotopic (exact) mass is 266 g/mol. The Morgan fingerprint density at radius 2 is 2.00 bits per heavy atom. The van der Waals surface area contributed by atoms with Crippen molar-refractivity contribution in [3.05, 3.63) is 24.0 Å². The average Bonchev–Trinajstić information content (AvgIpc) is 2.30. The first-order valence-corrected chi connectivity index (χ1v) is 6.22. The van der Waals surface area contributed by atoms with Crippen LogP contribution in [0.5, 0.6) is 0 Å². The highest BCUT2D eigenvalue weighted by Gasteiger charge is 2.16. The molecular formula is C13H22N4O2. The second kappa shape index (κ2) is 6.49. The highest BCUT2D eigenvalue weighted by Crippen LogP contribution is 2.15. The Morgan fingerprint density at radius 3 is 2.42 bits per heavy atom. The summed E-state index contributed by atoms with van der Waals surface area (Å²) in [6.45, 7) is 6.31. The number of aromatic nitrogens is 1. The van der Waals surface area contributed by atoms with Gasteiger partial charge in [-0.15, -0.1) is 0 Å². The molecule has 1 amide bonds. The molecule has 5 N–H and O–H groups in total. The van der Waals surface area contributed by atoms with E-state index in [4.69, 9.17) is 16.2 Å². The predicted octanol–water partition coefficient (Wildman–Crippen LogP) is 1.43. The molecule has 1 rings (SSSR count). The van der Waals surface area contributed by atoms with Crippen molar-refractivity contribution in [2.45, 2.75) is 32.3 Å². The molecule has 0 aliphatic heterocycles. The Hall–Kier alpha value is -1.66. The van der Waals surface area contributed by atoms with Gasteiger partial charge in [0.2, 0.25) is 0 Å². The number of anilines is 1. The van der Waals surface area contributed by atoms with Crippen molar-refractivity contribution >= 4 is 11.8 Å². The van der Waals surface area contributed by atoms with Gasteiger partial charge in [-0.05, 0) is 32.9 Å². The number of nitrogens with two attached hydrogens (primary N) is 2. The van der Waals surface area contributed by atoms with Gasteiger partial charge in [0.25, 0.3) is 0 Å². The van der Waals surface area contributed by atoms with Crippen LogP contribution in [0.4, 0.5) is 10.5 Å². The number of rotatable bonds is 4. The molecule has 0 aliphatic rings. The molecule has 1 aromatic heterocycles. The zero-order valence-electron chi connectivity index (χ0n) is 11.6. The number of nitrogens with one attached hydrogen (secondary N) is 1. The summed E-state index contributed by atoms with van der Waals surface area (Å²) in [6, 6.07) is 3.56. The molecule has 0 aromatic carbocycles. The number of ether oxygens (including phenoxy) is 1. The van der Waals surface area contributed by atoms with Gasteiger partial charge in [-0.1, -0.05) is 0 Å². The van der Waals surface area contributed by atoms with Crippen molar-refractivity contribution in [3.63, 3.8) is 0 Å². The minimum absolute atomic E-state index is 0.0376. The van der Waals surface area contributed by atoms with Crippen LogP contribution in [0.2, 0.25) is 0 Å². The van der Waals surface area contributed by atoms with E-state index in [1.165, 1.54) is 0 Å². The molecule has 0 radical (unpaired) electrons. The summed E-state index contributed by atoms with van der Waals surface area (Å²) in [4.78, 5) is 15.8. The molecule has 0 saturated carbocycles. The van der Waals surface area contributed by atoms with E-state index in [1.54, 1.807) is 39.1 Å². The topological polar surface area (TPSA) is 103 Å². The van der Waals surface area contributed by atoms with Gasteiger partial charge in [-0.25, -0.2) is 4.79 Å². The van der Waals surface area contributed by atoms with E-state index in [0.717, 1.165) is 5.69 Å². The van der Waals surface area contributed by atoms with E-state index in [1.807, 2.05) is 0 Å². The molecule has 106 valence electrons. The summed E-state index contributed by atoms with van der Waals surface area (Å²) in [7, 11) is 0. The summed E-state index contributed by atoms with van der Waals surface area (Å²) < 4.78 is 5.14. The zero-order chi connectivity index (χ0) is 14.5. The van der Waals surface area contributed by atoms with Crippen molar-refractivity contribution in [1.29, 1.82) is 0 Å². The Bertz CT molecular complexity index is 408. The zero-order valence-corrected chi connectivity index (χ0v) is 11.6. The molecule has 0 saturated heterocycles. The number of hydrogen-bond acceptors (Lipinski definition) is 5. The second-order valence-electron chi connectivity index (χ2n) is 5.27. The quantitative estimate of drug-likeness (QED) is 0.765. The maximum absolute atomic E-state index is 11.6. The van der Waals surface area contributed by atoms with Crippen LogP contribution in [0.1, 0.15) is 32.4 Å². The molecular weight excluding hydrogens is 244 g/mol. The molecule has 0 atom stereocenters. The van der Waals surface area contributed by atoms with Gasteiger partial charge in [0.1, 0.15) is 5.60 Å². The third kappa shape index (κ3) is 5.23. The summed E-state index contributed by atoms with van der Waals surface area (Å²) in [5, 5.41) is 2.61. The number of carbonyl (C=O) groups is 1. The summed E-state index contributed by atoms with van der Waals surface area (Å²) in [6.07, 6.45) is 1.06. The summed E-state index contributed by atoms with van der Waals surface area (Å²) >= 11 is 0. The van der Waals surface area contributed by atoms with Gasteiger partial charge < -0.3 is 16.2 Å². The molecule has 0 fully saturated rings. The number of carbonyl (C=O) groups excluding carboxylic acids is 1. The maximum Gasteiger partial charge on any atom is 0.412 e. The van der Waals surface area contributed by atoms with Crippen LogP contribution in [0.3, 0.4) is 0 Å². The Morgan fingerprint density at radius 1 is 1.37 bits per heavy atom. The maximum atomic E-state index is 11.6. The largest absolute Gasteiger partial charge is 0.444 e. The molecule has 1 aromatic rings. The standard InChI is InChI=1S/C13H22N4O2/c1-13(2,3)19-12(18)17-10-4-5-11(16-8-10)9(6-14)7-15/h4-5,8-9H,6-7,14-15H2,1-3H3,(H,17,18). The number of pyridine rings is 1. The highest BCUT2D eigenvalue weighted by molar-refractivity contribution is 5.84. The minimum atomic E-state index is -0.526. The minimum Gasteiger partial charge on any atom is -0.444 e. The molecule has 1 heterocycles. The van der Waals surface area contributed by atoms with Crippen LogP contribution < -0.4 is 16.8 Å². The highest BCUT2D eigenvalue weighted by atomic mass is 16.6. The number of hydrogen-bond donors (Lipinski definition) is 3. The predicted molar refractivity (Wildman–Crippen MR) is 74.9 cm³/mol. The van der Waals surface area contributed by atoms with Gasteiger partial charge in [0.15, 0.2) is 0 Å². The lowest BCUT2D eigenvalue weighted by Crippen LogP contribution is -2.27. The second-order valence-corrected chi connectivity index (χ2v) is 5.27. The SMILES string of the molecule is CC(C)(C)OC(=O)Nc1ccc(C(CN)CN)nc1. The molecule has 0 spiro atoms. The van der Waals surface area contributed by atoms with Gasteiger partial charge >= 0.3 is 6.09 Å². The van der Waals surface area contributed by atoms with Gasteiger partial charge in [-0.2, -0.15) is 0 Å². The molecule has 19 heavy (non-hydrogen) atoms. The lowest BCUT2D eigenvalue weighted by atomic mass is 10.1. The number of nitrogens with zero attached hydrogens (tertiary/aromatic N) is 1. The van der Waals surface area contributed by atoms with Crippen LogP contribution in [0, 0.1) is 0 Å². The lowest BCUT2D eigenvalue weighted by molar-refractivity contribution is 0.0636. The van der Waals surface area contributed by atoms with Crippen molar-refractivity contribution in [2.75, 3.05) is 18.4 Å². The molecule has 0 bridgehead atoms. The Kier molecular flexibility index (Phi) is 5.26. The van der Waals surface area contributed by atoms with Crippen molar-refractivity contribution < 1.29 is 9.53 Å². The third-order valence-corrected chi connectivity index (χ3v) is 2.42. The molecule has 0 unspecified atom stereocenters. The van der Waals surface area contributed by atoms with Gasteiger partial charge in [0.05, 0.1) is 11.9 Å². The molecule has 6 heteroatoms. The molecule has 0 aliphatic carbocycles. The third-order valence-electron chi connectivity index (χ3n) is 2.42. The molecule has 6 nitrogen and oxygen atoms in total. The van der Waals surface area contributed by atoms with E-state index in [0.29, 0.717) is 18.8 Å². The van der Waals surface area contributed by atoms with E-state index in [2.05, 4.69) is 10.3 Å². The van der Waals surface area contributed by atoms with Gasteiger partial charge in [-0.3, -0.25) is 10.3 Å². The van der Waals surface area contributed by atoms with E-state index in [-0.39, 0.29) is 5.92 Å². The van der Waals surface area contributed by atoms with E-state index in [9.17, 15) is 4.79 Å². The van der Waals surface area contributed by atoms with Crippen LogP contribution >= 0.6 is 0 Å². The first-order chi connectivity index (χ1) is 8.85.